The summed E-state index contributed by atoms with van der Waals surface area (Å²) in [7, 11) is 5.77. The Balaban J connectivity index is 0.00000484. The van der Waals surface area contributed by atoms with E-state index in [1.807, 2.05) is 7.05 Å². The van der Waals surface area contributed by atoms with Crippen molar-refractivity contribution in [3.8, 4) is 0 Å². The summed E-state index contributed by atoms with van der Waals surface area (Å²) in [5.74, 6) is 2.76. The molecule has 23 heavy (non-hydrogen) atoms. The molecule has 0 spiro atoms. The summed E-state index contributed by atoms with van der Waals surface area (Å²) < 4.78 is 5.10. The molecule has 138 valence electrons. The van der Waals surface area contributed by atoms with E-state index in [1.165, 1.54) is 19.3 Å². The van der Waals surface area contributed by atoms with E-state index in [-0.39, 0.29) is 24.0 Å². The molecule has 0 bridgehead atoms. The first-order valence-electron chi connectivity index (χ1n) is 8.79. The molecule has 0 radical (unpaired) electrons. The number of likely N-dealkylation sites (tertiary alicyclic amines) is 1. The maximum atomic E-state index is 5.10. The van der Waals surface area contributed by atoms with Crippen molar-refractivity contribution in [1.29, 1.82) is 0 Å². The molecule has 0 aliphatic carbocycles. The third-order valence-electron chi connectivity index (χ3n) is 4.91. The Bertz CT molecular complexity index is 324. The van der Waals surface area contributed by atoms with Crippen LogP contribution in [0.2, 0.25) is 0 Å². The number of methoxy groups -OCH3 is 1. The van der Waals surface area contributed by atoms with Crippen LogP contribution in [0.1, 0.15) is 33.1 Å². The average molecular weight is 440 g/mol. The summed E-state index contributed by atoms with van der Waals surface area (Å²) in [4.78, 5) is 9.17. The van der Waals surface area contributed by atoms with Crippen LogP contribution in [0, 0.1) is 11.8 Å². The Labute approximate surface area is 160 Å². The van der Waals surface area contributed by atoms with E-state index in [4.69, 9.17) is 4.74 Å². The fraction of sp³-hybridized carbons (Fsp3) is 0.941. The van der Waals surface area contributed by atoms with Gasteiger partial charge in [-0.1, -0.05) is 26.7 Å². The molecule has 1 unspecified atom stereocenters. The number of guanidine groups is 1. The zero-order valence-corrected chi connectivity index (χ0v) is 18.0. The first-order chi connectivity index (χ1) is 10.7. The van der Waals surface area contributed by atoms with Gasteiger partial charge < -0.3 is 19.9 Å². The van der Waals surface area contributed by atoms with Crippen LogP contribution in [0.25, 0.3) is 0 Å². The molecule has 0 aromatic carbocycles. The quantitative estimate of drug-likeness (QED) is 0.340. The molecular formula is C17H37IN4O. The molecule has 1 fully saturated rings. The Morgan fingerprint density at radius 1 is 1.35 bits per heavy atom. The Morgan fingerprint density at radius 2 is 2.04 bits per heavy atom. The van der Waals surface area contributed by atoms with Crippen molar-refractivity contribution >= 4 is 29.9 Å². The van der Waals surface area contributed by atoms with Gasteiger partial charge in [0.05, 0.1) is 6.61 Å². The standard InChI is InChI=1S/C17H36N4O.HI/c1-6-15(7-2)16-8-10-21(14-16)17(18-3)19-9-11-20(4)12-13-22-5;/h15-16H,6-14H2,1-5H3,(H,18,19);1H. The van der Waals surface area contributed by atoms with Crippen molar-refractivity contribution in [3.63, 3.8) is 0 Å². The summed E-state index contributed by atoms with van der Waals surface area (Å²) in [5, 5.41) is 3.51. The number of aliphatic imine (C=N–C) groups is 1. The van der Waals surface area contributed by atoms with Crippen molar-refractivity contribution in [3.05, 3.63) is 0 Å². The molecule has 1 heterocycles. The van der Waals surface area contributed by atoms with Gasteiger partial charge in [0.15, 0.2) is 5.96 Å². The molecule has 1 atom stereocenters. The highest BCUT2D eigenvalue weighted by Crippen LogP contribution is 2.28. The van der Waals surface area contributed by atoms with Gasteiger partial charge in [-0.25, -0.2) is 0 Å². The molecular weight excluding hydrogens is 403 g/mol. The lowest BCUT2D eigenvalue weighted by atomic mass is 9.87. The van der Waals surface area contributed by atoms with E-state index < -0.39 is 0 Å². The average Bonchev–Trinajstić information content (AvgIpc) is 3.00. The molecule has 1 rings (SSSR count). The lowest BCUT2D eigenvalue weighted by Crippen LogP contribution is -2.43. The van der Waals surface area contributed by atoms with Gasteiger partial charge in [-0.3, -0.25) is 4.99 Å². The normalized spacial score (nSPS) is 18.7. The smallest absolute Gasteiger partial charge is 0.193 e. The molecule has 1 aliphatic heterocycles. The van der Waals surface area contributed by atoms with Crippen LogP contribution in [-0.2, 0) is 4.74 Å². The van der Waals surface area contributed by atoms with E-state index in [9.17, 15) is 0 Å². The second-order valence-corrected chi connectivity index (χ2v) is 6.34. The molecule has 0 aromatic rings. The van der Waals surface area contributed by atoms with E-state index in [0.29, 0.717) is 0 Å². The minimum Gasteiger partial charge on any atom is -0.383 e. The van der Waals surface area contributed by atoms with Crippen LogP contribution >= 0.6 is 24.0 Å². The maximum Gasteiger partial charge on any atom is 0.193 e. The fourth-order valence-corrected chi connectivity index (χ4v) is 3.37. The highest BCUT2D eigenvalue weighted by atomic mass is 127. The Kier molecular flexibility index (Phi) is 13.2. The van der Waals surface area contributed by atoms with Crippen LogP contribution in [0.15, 0.2) is 4.99 Å². The third kappa shape index (κ3) is 8.03. The predicted molar refractivity (Wildman–Crippen MR) is 110 cm³/mol. The highest BCUT2D eigenvalue weighted by Gasteiger charge is 2.29. The van der Waals surface area contributed by atoms with Crippen LogP contribution in [0.4, 0.5) is 0 Å². The number of rotatable bonds is 9. The number of hydrogen-bond acceptors (Lipinski definition) is 3. The first kappa shape index (κ1) is 22.9. The second-order valence-electron chi connectivity index (χ2n) is 6.34. The number of nitrogens with one attached hydrogen (secondary N) is 1. The van der Waals surface area contributed by atoms with E-state index in [2.05, 4.69) is 41.0 Å². The molecule has 0 amide bonds. The molecule has 1 aliphatic rings. The number of likely N-dealkylation sites (N-methyl/N-ethyl adjacent to an activating group) is 1. The second kappa shape index (κ2) is 13.2. The highest BCUT2D eigenvalue weighted by molar-refractivity contribution is 14.0. The molecule has 1 N–H and O–H groups in total. The zero-order chi connectivity index (χ0) is 16.4. The summed E-state index contributed by atoms with van der Waals surface area (Å²) >= 11 is 0. The van der Waals surface area contributed by atoms with Crippen LogP contribution < -0.4 is 5.32 Å². The first-order valence-corrected chi connectivity index (χ1v) is 8.79. The summed E-state index contributed by atoms with van der Waals surface area (Å²) in [5.41, 5.74) is 0. The summed E-state index contributed by atoms with van der Waals surface area (Å²) in [6, 6.07) is 0. The van der Waals surface area contributed by atoms with Crippen molar-refractivity contribution in [2.45, 2.75) is 33.1 Å². The number of hydrogen-bond donors (Lipinski definition) is 1. The van der Waals surface area contributed by atoms with Crippen LogP contribution in [0.5, 0.6) is 0 Å². The largest absolute Gasteiger partial charge is 0.383 e. The van der Waals surface area contributed by atoms with Gasteiger partial charge in [0.2, 0.25) is 0 Å². The molecule has 5 nitrogen and oxygen atoms in total. The van der Waals surface area contributed by atoms with E-state index >= 15 is 0 Å². The minimum absolute atomic E-state index is 0. The maximum absolute atomic E-state index is 5.10. The molecule has 1 saturated heterocycles. The minimum atomic E-state index is 0. The third-order valence-corrected chi connectivity index (χ3v) is 4.91. The van der Waals surface area contributed by atoms with E-state index in [1.54, 1.807) is 7.11 Å². The van der Waals surface area contributed by atoms with Gasteiger partial charge in [-0.15, -0.1) is 24.0 Å². The van der Waals surface area contributed by atoms with Gasteiger partial charge in [-0.2, -0.15) is 0 Å². The van der Waals surface area contributed by atoms with Crippen LogP contribution in [0.3, 0.4) is 0 Å². The lowest BCUT2D eigenvalue weighted by Gasteiger charge is -2.25. The SMILES string of the molecule is CCC(CC)C1CCN(C(=NC)NCCN(C)CCOC)C1.I. The molecule has 6 heteroatoms. The van der Waals surface area contributed by atoms with Crippen molar-refractivity contribution in [2.75, 3.05) is 60.5 Å². The van der Waals surface area contributed by atoms with E-state index in [0.717, 1.165) is 57.1 Å². The van der Waals surface area contributed by atoms with Crippen molar-refractivity contribution in [1.82, 2.24) is 15.1 Å². The number of halogens is 1. The van der Waals surface area contributed by atoms with Gasteiger partial charge in [-0.05, 0) is 25.3 Å². The van der Waals surface area contributed by atoms with Crippen LogP contribution in [-0.4, -0.2) is 76.3 Å². The topological polar surface area (TPSA) is 40.1 Å². The molecule has 0 saturated carbocycles. The van der Waals surface area contributed by atoms with Gasteiger partial charge in [0.1, 0.15) is 0 Å². The predicted octanol–water partition coefficient (Wildman–Crippen LogP) is 2.52. The Morgan fingerprint density at radius 3 is 2.61 bits per heavy atom. The van der Waals surface area contributed by atoms with Crippen molar-refractivity contribution < 1.29 is 4.74 Å². The zero-order valence-electron chi connectivity index (χ0n) is 15.7. The van der Waals surface area contributed by atoms with Crippen molar-refractivity contribution in [2.24, 2.45) is 16.8 Å². The number of nitrogens with zero attached hydrogens (tertiary/aromatic N) is 3. The summed E-state index contributed by atoms with van der Waals surface area (Å²) in [6.45, 7) is 10.6. The number of ether oxygens (including phenoxy) is 1. The monoisotopic (exact) mass is 440 g/mol. The summed E-state index contributed by atoms with van der Waals surface area (Å²) in [6.07, 6.45) is 3.90. The van der Waals surface area contributed by atoms with Gasteiger partial charge >= 0.3 is 0 Å². The van der Waals surface area contributed by atoms with Gasteiger partial charge in [0.25, 0.3) is 0 Å². The lowest BCUT2D eigenvalue weighted by molar-refractivity contribution is 0.162. The van der Waals surface area contributed by atoms with Gasteiger partial charge in [0, 0.05) is 46.9 Å². The Hall–Kier alpha value is -0.0800. The molecule has 0 aromatic heterocycles. The fourth-order valence-electron chi connectivity index (χ4n) is 3.37.